The lowest BCUT2D eigenvalue weighted by Crippen LogP contribution is -2.43. The molecule has 2 rings (SSSR count). The summed E-state index contributed by atoms with van der Waals surface area (Å²) in [5.41, 5.74) is 0.276. The van der Waals surface area contributed by atoms with Crippen LogP contribution in [0.3, 0.4) is 0 Å². The van der Waals surface area contributed by atoms with Crippen LogP contribution in [0.25, 0.3) is 0 Å². The van der Waals surface area contributed by atoms with Gasteiger partial charge in [-0.2, -0.15) is 0 Å². The number of halogens is 2. The van der Waals surface area contributed by atoms with E-state index in [0.29, 0.717) is 31.2 Å². The molecule has 1 aromatic rings. The number of carbonyl (C=O) groups is 3. The number of nitrogens with zero attached hydrogens (tertiary/aromatic N) is 3. The van der Waals surface area contributed by atoms with Gasteiger partial charge in [-0.1, -0.05) is 23.2 Å². The number of amides is 3. The number of benzene rings is 1. The van der Waals surface area contributed by atoms with Gasteiger partial charge in [0.25, 0.3) is 5.91 Å². The van der Waals surface area contributed by atoms with Gasteiger partial charge in [0.2, 0.25) is 11.8 Å². The zero-order valence-corrected chi connectivity index (χ0v) is 17.0. The van der Waals surface area contributed by atoms with Gasteiger partial charge >= 0.3 is 0 Å². The second kappa shape index (κ2) is 9.92. The standard InChI is InChI=1S/C18H24Cl2N4O3/c1-22(2)17(26)12-23-6-3-7-24(9-8-23)16(25)11-21-18(27)14-5-4-13(19)10-15(14)20/h4-5,10H,3,6-9,11-12H2,1-2H3,(H,21,27). The molecule has 148 valence electrons. The molecule has 0 radical (unpaired) electrons. The molecule has 0 aliphatic carbocycles. The van der Waals surface area contributed by atoms with Crippen molar-refractivity contribution in [2.75, 3.05) is 53.4 Å². The quantitative estimate of drug-likeness (QED) is 0.788. The molecule has 9 heteroatoms. The van der Waals surface area contributed by atoms with Gasteiger partial charge in [0.1, 0.15) is 0 Å². The Morgan fingerprint density at radius 1 is 1.11 bits per heavy atom. The molecule has 1 aromatic carbocycles. The van der Waals surface area contributed by atoms with Crippen LogP contribution >= 0.6 is 23.2 Å². The van der Waals surface area contributed by atoms with Crippen molar-refractivity contribution in [2.24, 2.45) is 0 Å². The summed E-state index contributed by atoms with van der Waals surface area (Å²) in [5, 5.41) is 3.28. The Kier molecular flexibility index (Phi) is 7.89. The fourth-order valence-electron chi connectivity index (χ4n) is 2.75. The fourth-order valence-corrected chi connectivity index (χ4v) is 3.24. The van der Waals surface area contributed by atoms with E-state index in [-0.39, 0.29) is 28.9 Å². The highest BCUT2D eigenvalue weighted by atomic mass is 35.5. The SMILES string of the molecule is CN(C)C(=O)CN1CCCN(C(=O)CNC(=O)c2ccc(Cl)cc2Cl)CC1. The summed E-state index contributed by atoms with van der Waals surface area (Å²) in [7, 11) is 3.46. The highest BCUT2D eigenvalue weighted by molar-refractivity contribution is 6.36. The minimum atomic E-state index is -0.418. The van der Waals surface area contributed by atoms with Gasteiger partial charge in [0.15, 0.2) is 0 Å². The normalized spacial score (nSPS) is 15.2. The van der Waals surface area contributed by atoms with Crippen molar-refractivity contribution in [1.29, 1.82) is 0 Å². The number of hydrogen-bond donors (Lipinski definition) is 1. The van der Waals surface area contributed by atoms with Crippen LogP contribution in [0.5, 0.6) is 0 Å². The van der Waals surface area contributed by atoms with Gasteiger partial charge in [-0.05, 0) is 24.6 Å². The molecule has 0 bridgehead atoms. The van der Waals surface area contributed by atoms with E-state index in [1.807, 2.05) is 4.90 Å². The lowest BCUT2D eigenvalue weighted by atomic mass is 10.2. The zero-order valence-electron chi connectivity index (χ0n) is 15.5. The molecule has 0 unspecified atom stereocenters. The number of carbonyl (C=O) groups excluding carboxylic acids is 3. The number of likely N-dealkylation sites (N-methyl/N-ethyl adjacent to an activating group) is 1. The van der Waals surface area contributed by atoms with E-state index in [1.165, 1.54) is 12.1 Å². The van der Waals surface area contributed by atoms with Crippen LogP contribution in [0, 0.1) is 0 Å². The first-order valence-corrected chi connectivity index (χ1v) is 9.47. The minimum Gasteiger partial charge on any atom is -0.348 e. The summed E-state index contributed by atoms with van der Waals surface area (Å²) in [5.74, 6) is -0.533. The van der Waals surface area contributed by atoms with Gasteiger partial charge in [0, 0.05) is 45.3 Å². The van der Waals surface area contributed by atoms with E-state index in [2.05, 4.69) is 5.32 Å². The van der Waals surface area contributed by atoms with Crippen molar-refractivity contribution in [3.05, 3.63) is 33.8 Å². The molecule has 0 aromatic heterocycles. The largest absolute Gasteiger partial charge is 0.348 e. The van der Waals surface area contributed by atoms with E-state index < -0.39 is 5.91 Å². The van der Waals surface area contributed by atoms with Crippen LogP contribution < -0.4 is 5.32 Å². The van der Waals surface area contributed by atoms with Crippen molar-refractivity contribution in [3.63, 3.8) is 0 Å². The Bertz CT molecular complexity index is 712. The Hall–Kier alpha value is -1.83. The van der Waals surface area contributed by atoms with Crippen molar-refractivity contribution < 1.29 is 14.4 Å². The molecule has 3 amide bonds. The topological polar surface area (TPSA) is 73.0 Å². The highest BCUT2D eigenvalue weighted by Gasteiger charge is 2.21. The van der Waals surface area contributed by atoms with E-state index in [9.17, 15) is 14.4 Å². The fraction of sp³-hybridized carbons (Fsp3) is 0.500. The Labute approximate surface area is 169 Å². The first-order chi connectivity index (χ1) is 12.8. The third-order valence-electron chi connectivity index (χ3n) is 4.37. The summed E-state index contributed by atoms with van der Waals surface area (Å²) >= 11 is 11.8. The Morgan fingerprint density at radius 3 is 2.52 bits per heavy atom. The predicted molar refractivity (Wildman–Crippen MR) is 105 cm³/mol. The van der Waals surface area contributed by atoms with E-state index >= 15 is 0 Å². The molecule has 1 aliphatic heterocycles. The molecular weight excluding hydrogens is 391 g/mol. The minimum absolute atomic E-state index is 0.0434. The summed E-state index contributed by atoms with van der Waals surface area (Å²) in [6.07, 6.45) is 0.781. The molecule has 1 saturated heterocycles. The van der Waals surface area contributed by atoms with Crippen LogP contribution in [-0.2, 0) is 9.59 Å². The lowest BCUT2D eigenvalue weighted by Gasteiger charge is -2.23. The van der Waals surface area contributed by atoms with E-state index in [0.717, 1.165) is 13.0 Å². The average molecular weight is 415 g/mol. The third kappa shape index (κ3) is 6.37. The van der Waals surface area contributed by atoms with Gasteiger partial charge in [-0.25, -0.2) is 0 Å². The highest BCUT2D eigenvalue weighted by Crippen LogP contribution is 2.20. The van der Waals surface area contributed by atoms with Gasteiger partial charge in [-0.15, -0.1) is 0 Å². The van der Waals surface area contributed by atoms with Crippen LogP contribution in [0.2, 0.25) is 10.0 Å². The molecule has 1 fully saturated rings. The van der Waals surface area contributed by atoms with Crippen molar-refractivity contribution in [1.82, 2.24) is 20.0 Å². The number of nitrogens with one attached hydrogen (secondary N) is 1. The van der Waals surface area contributed by atoms with Crippen molar-refractivity contribution in [3.8, 4) is 0 Å². The van der Waals surface area contributed by atoms with Gasteiger partial charge in [-0.3, -0.25) is 19.3 Å². The first kappa shape index (κ1) is 21.5. The molecule has 1 aliphatic rings. The van der Waals surface area contributed by atoms with E-state index in [4.69, 9.17) is 23.2 Å². The zero-order chi connectivity index (χ0) is 20.0. The number of rotatable bonds is 5. The van der Waals surface area contributed by atoms with Gasteiger partial charge in [0.05, 0.1) is 23.7 Å². The predicted octanol–water partition coefficient (Wildman–Crippen LogP) is 1.35. The average Bonchev–Trinajstić information content (AvgIpc) is 2.85. The summed E-state index contributed by atoms with van der Waals surface area (Å²) in [4.78, 5) is 41.8. The van der Waals surface area contributed by atoms with Crippen LogP contribution in [-0.4, -0.2) is 85.8 Å². The number of hydrogen-bond acceptors (Lipinski definition) is 4. The molecular formula is C18H24Cl2N4O3. The lowest BCUT2D eigenvalue weighted by molar-refractivity contribution is -0.130. The second-order valence-corrected chi connectivity index (χ2v) is 7.45. The van der Waals surface area contributed by atoms with Crippen LogP contribution in [0.15, 0.2) is 18.2 Å². The molecule has 1 heterocycles. The molecule has 7 nitrogen and oxygen atoms in total. The molecule has 0 atom stereocenters. The molecule has 1 N–H and O–H groups in total. The maximum Gasteiger partial charge on any atom is 0.253 e. The maximum absolute atomic E-state index is 12.4. The van der Waals surface area contributed by atoms with Crippen molar-refractivity contribution in [2.45, 2.75) is 6.42 Å². The second-order valence-electron chi connectivity index (χ2n) is 6.61. The van der Waals surface area contributed by atoms with Gasteiger partial charge < -0.3 is 15.1 Å². The van der Waals surface area contributed by atoms with Crippen LogP contribution in [0.4, 0.5) is 0 Å². The third-order valence-corrected chi connectivity index (χ3v) is 4.92. The smallest absolute Gasteiger partial charge is 0.253 e. The summed E-state index contributed by atoms with van der Waals surface area (Å²) in [6.45, 7) is 2.76. The van der Waals surface area contributed by atoms with Crippen LogP contribution in [0.1, 0.15) is 16.8 Å². The summed E-state index contributed by atoms with van der Waals surface area (Å²) < 4.78 is 0. The molecule has 0 spiro atoms. The Balaban J connectivity index is 1.83. The molecule has 27 heavy (non-hydrogen) atoms. The first-order valence-electron chi connectivity index (χ1n) is 8.71. The maximum atomic E-state index is 12.4. The monoisotopic (exact) mass is 414 g/mol. The summed E-state index contributed by atoms with van der Waals surface area (Å²) in [6, 6.07) is 4.58. The van der Waals surface area contributed by atoms with Crippen molar-refractivity contribution >= 4 is 40.9 Å². The molecule has 0 saturated carbocycles. The van der Waals surface area contributed by atoms with E-state index in [1.54, 1.807) is 30.0 Å². The Morgan fingerprint density at radius 2 is 1.85 bits per heavy atom.